The predicted octanol–water partition coefficient (Wildman–Crippen LogP) is 3.04. The Kier molecular flexibility index (Phi) is 5.78. The standard InChI is InChI=1S/C22H33N3O2/c1-16-8-7-11-19(17(16)2)24-12-14-25(15-13-24)21(27)22(3,4)20(26)23-18-9-5-6-10-18/h7-8,11,18H,5-6,9-10,12-15H2,1-4H3,(H,23,26). The number of benzene rings is 1. The van der Waals surface area contributed by atoms with E-state index in [2.05, 4.69) is 42.3 Å². The number of hydrogen-bond acceptors (Lipinski definition) is 3. The maximum atomic E-state index is 13.0. The Morgan fingerprint density at radius 2 is 1.67 bits per heavy atom. The molecule has 5 nitrogen and oxygen atoms in total. The van der Waals surface area contributed by atoms with Gasteiger partial charge in [-0.2, -0.15) is 0 Å². The van der Waals surface area contributed by atoms with E-state index in [1.807, 2.05) is 4.90 Å². The van der Waals surface area contributed by atoms with Gasteiger partial charge in [0.2, 0.25) is 11.8 Å². The zero-order valence-electron chi connectivity index (χ0n) is 17.2. The van der Waals surface area contributed by atoms with Crippen LogP contribution in [-0.2, 0) is 9.59 Å². The molecule has 1 aliphatic heterocycles. The minimum Gasteiger partial charge on any atom is -0.368 e. The molecule has 0 spiro atoms. The van der Waals surface area contributed by atoms with E-state index in [0.717, 1.165) is 25.9 Å². The lowest BCUT2D eigenvalue weighted by Gasteiger charge is -2.39. The largest absolute Gasteiger partial charge is 0.368 e. The lowest BCUT2D eigenvalue weighted by Crippen LogP contribution is -2.56. The normalized spacial score (nSPS) is 18.7. The van der Waals surface area contributed by atoms with Crippen LogP contribution in [0.25, 0.3) is 0 Å². The molecule has 1 N–H and O–H groups in total. The first-order valence-electron chi connectivity index (χ1n) is 10.2. The number of carbonyl (C=O) groups excluding carboxylic acids is 2. The zero-order chi connectivity index (χ0) is 19.6. The molecule has 2 fully saturated rings. The van der Waals surface area contributed by atoms with E-state index in [4.69, 9.17) is 0 Å². The summed E-state index contributed by atoms with van der Waals surface area (Å²) in [5.74, 6) is -0.185. The number of anilines is 1. The van der Waals surface area contributed by atoms with E-state index >= 15 is 0 Å². The number of hydrogen-bond donors (Lipinski definition) is 1. The number of rotatable bonds is 4. The van der Waals surface area contributed by atoms with E-state index in [9.17, 15) is 9.59 Å². The van der Waals surface area contributed by atoms with Crippen LogP contribution in [0.15, 0.2) is 18.2 Å². The summed E-state index contributed by atoms with van der Waals surface area (Å²) in [5.41, 5.74) is 2.83. The van der Waals surface area contributed by atoms with Gasteiger partial charge in [0.05, 0.1) is 0 Å². The Morgan fingerprint density at radius 1 is 1.04 bits per heavy atom. The van der Waals surface area contributed by atoms with Crippen LogP contribution in [0.5, 0.6) is 0 Å². The summed E-state index contributed by atoms with van der Waals surface area (Å²) < 4.78 is 0. The molecule has 0 unspecified atom stereocenters. The van der Waals surface area contributed by atoms with E-state index in [1.54, 1.807) is 13.8 Å². The Hall–Kier alpha value is -2.04. The van der Waals surface area contributed by atoms with Crippen molar-refractivity contribution >= 4 is 17.5 Å². The SMILES string of the molecule is Cc1cccc(N2CCN(C(=O)C(C)(C)C(=O)NC3CCCC3)CC2)c1C. The summed E-state index contributed by atoms with van der Waals surface area (Å²) in [6.45, 7) is 10.7. The van der Waals surface area contributed by atoms with Crippen LogP contribution in [0.2, 0.25) is 0 Å². The summed E-state index contributed by atoms with van der Waals surface area (Å²) in [6.07, 6.45) is 4.40. The summed E-state index contributed by atoms with van der Waals surface area (Å²) in [4.78, 5) is 30.0. The van der Waals surface area contributed by atoms with Crippen molar-refractivity contribution in [3.05, 3.63) is 29.3 Å². The highest BCUT2D eigenvalue weighted by molar-refractivity contribution is 6.04. The van der Waals surface area contributed by atoms with Crippen molar-refractivity contribution in [2.45, 2.75) is 59.4 Å². The number of aryl methyl sites for hydroxylation is 1. The number of amides is 2. The summed E-state index contributed by atoms with van der Waals surface area (Å²) in [6, 6.07) is 6.61. The Morgan fingerprint density at radius 3 is 2.30 bits per heavy atom. The maximum Gasteiger partial charge on any atom is 0.237 e. The van der Waals surface area contributed by atoms with Crippen LogP contribution in [0.1, 0.15) is 50.7 Å². The Balaban J connectivity index is 1.60. The molecule has 27 heavy (non-hydrogen) atoms. The highest BCUT2D eigenvalue weighted by Crippen LogP contribution is 2.27. The van der Waals surface area contributed by atoms with Crippen LogP contribution in [0.4, 0.5) is 5.69 Å². The second kappa shape index (κ2) is 7.91. The number of piperazine rings is 1. The van der Waals surface area contributed by atoms with Gasteiger partial charge in [0.25, 0.3) is 0 Å². The van der Waals surface area contributed by atoms with Crippen LogP contribution in [-0.4, -0.2) is 48.9 Å². The van der Waals surface area contributed by atoms with Gasteiger partial charge in [-0.15, -0.1) is 0 Å². The van der Waals surface area contributed by atoms with Crippen molar-refractivity contribution in [3.63, 3.8) is 0 Å². The molecule has 1 heterocycles. The molecule has 0 bridgehead atoms. The lowest BCUT2D eigenvalue weighted by molar-refractivity contribution is -0.149. The molecular formula is C22H33N3O2. The van der Waals surface area contributed by atoms with Crippen molar-refractivity contribution in [2.75, 3.05) is 31.1 Å². The first kappa shape index (κ1) is 19.7. The summed E-state index contributed by atoms with van der Waals surface area (Å²) in [7, 11) is 0. The van der Waals surface area contributed by atoms with Crippen molar-refractivity contribution < 1.29 is 9.59 Å². The van der Waals surface area contributed by atoms with Gasteiger partial charge in [-0.25, -0.2) is 0 Å². The second-order valence-electron chi connectivity index (χ2n) is 8.58. The van der Waals surface area contributed by atoms with Gasteiger partial charge in [0.1, 0.15) is 5.41 Å². The smallest absolute Gasteiger partial charge is 0.237 e. The monoisotopic (exact) mass is 371 g/mol. The van der Waals surface area contributed by atoms with Gasteiger partial charge < -0.3 is 15.1 Å². The molecule has 3 rings (SSSR count). The van der Waals surface area contributed by atoms with Crippen LogP contribution in [0, 0.1) is 19.3 Å². The molecule has 0 atom stereocenters. The highest BCUT2D eigenvalue weighted by atomic mass is 16.2. The van der Waals surface area contributed by atoms with Gasteiger partial charge in [-0.05, 0) is 57.7 Å². The molecule has 0 radical (unpaired) electrons. The molecule has 0 aromatic heterocycles. The van der Waals surface area contributed by atoms with Crippen molar-refractivity contribution in [1.29, 1.82) is 0 Å². The van der Waals surface area contributed by atoms with Crippen LogP contribution in [0.3, 0.4) is 0 Å². The van der Waals surface area contributed by atoms with Gasteiger partial charge in [0, 0.05) is 37.9 Å². The molecule has 2 amide bonds. The topological polar surface area (TPSA) is 52.7 Å². The zero-order valence-corrected chi connectivity index (χ0v) is 17.2. The van der Waals surface area contributed by atoms with Crippen molar-refractivity contribution in [2.24, 2.45) is 5.41 Å². The fourth-order valence-electron chi connectivity index (χ4n) is 4.16. The minimum absolute atomic E-state index is 0.0568. The third-order valence-corrected chi connectivity index (χ3v) is 6.28. The predicted molar refractivity (Wildman–Crippen MR) is 109 cm³/mol. The number of nitrogens with zero attached hydrogens (tertiary/aromatic N) is 2. The highest BCUT2D eigenvalue weighted by Gasteiger charge is 2.41. The average molecular weight is 372 g/mol. The third kappa shape index (κ3) is 4.12. The summed E-state index contributed by atoms with van der Waals surface area (Å²) in [5, 5.41) is 3.09. The van der Waals surface area contributed by atoms with E-state index in [1.165, 1.54) is 29.7 Å². The first-order chi connectivity index (χ1) is 12.8. The molecule has 148 valence electrons. The van der Waals surface area contributed by atoms with Crippen molar-refractivity contribution in [3.8, 4) is 0 Å². The molecule has 1 aromatic rings. The molecule has 2 aliphatic rings. The van der Waals surface area contributed by atoms with Crippen LogP contribution < -0.4 is 10.2 Å². The van der Waals surface area contributed by atoms with Gasteiger partial charge in [0.15, 0.2) is 0 Å². The van der Waals surface area contributed by atoms with E-state index in [0.29, 0.717) is 13.1 Å². The summed E-state index contributed by atoms with van der Waals surface area (Å²) >= 11 is 0. The maximum absolute atomic E-state index is 13.0. The number of carbonyl (C=O) groups is 2. The number of nitrogens with one attached hydrogen (secondary N) is 1. The fraction of sp³-hybridized carbons (Fsp3) is 0.636. The van der Waals surface area contributed by atoms with Gasteiger partial charge in [-0.3, -0.25) is 9.59 Å². The third-order valence-electron chi connectivity index (χ3n) is 6.28. The first-order valence-corrected chi connectivity index (χ1v) is 10.2. The lowest BCUT2D eigenvalue weighted by atomic mass is 9.89. The molecule has 1 aliphatic carbocycles. The van der Waals surface area contributed by atoms with E-state index < -0.39 is 5.41 Å². The molecular weight excluding hydrogens is 338 g/mol. The second-order valence-corrected chi connectivity index (χ2v) is 8.58. The Bertz CT molecular complexity index is 700. The van der Waals surface area contributed by atoms with Gasteiger partial charge >= 0.3 is 0 Å². The van der Waals surface area contributed by atoms with E-state index in [-0.39, 0.29) is 17.9 Å². The Labute approximate surface area is 163 Å². The molecule has 1 saturated heterocycles. The molecule has 1 saturated carbocycles. The quantitative estimate of drug-likeness (QED) is 0.828. The van der Waals surface area contributed by atoms with Gasteiger partial charge in [-0.1, -0.05) is 25.0 Å². The van der Waals surface area contributed by atoms with Crippen LogP contribution >= 0.6 is 0 Å². The van der Waals surface area contributed by atoms with Crippen molar-refractivity contribution in [1.82, 2.24) is 10.2 Å². The molecule has 1 aromatic carbocycles. The minimum atomic E-state index is -1.01. The average Bonchev–Trinajstić information content (AvgIpc) is 3.16. The molecule has 5 heteroatoms. The fourth-order valence-corrected chi connectivity index (χ4v) is 4.16.